The normalized spacial score (nSPS) is 23.1. The van der Waals surface area contributed by atoms with Crippen LogP contribution >= 0.6 is 0 Å². The van der Waals surface area contributed by atoms with Crippen LogP contribution in [0.2, 0.25) is 0 Å². The third kappa shape index (κ3) is 8.61. The van der Waals surface area contributed by atoms with Crippen molar-refractivity contribution < 1.29 is 18.9 Å². The summed E-state index contributed by atoms with van der Waals surface area (Å²) >= 11 is 0. The highest BCUT2D eigenvalue weighted by atomic mass is 16.5. The number of hydrogen-bond acceptors (Lipinski definition) is 8. The first-order valence-corrected chi connectivity index (χ1v) is 19.9. The molecule has 0 unspecified atom stereocenters. The van der Waals surface area contributed by atoms with Gasteiger partial charge in [-0.3, -0.25) is 0 Å². The molecule has 10 rings (SSSR count). The lowest BCUT2D eigenvalue weighted by Gasteiger charge is -2.19. The van der Waals surface area contributed by atoms with E-state index in [9.17, 15) is 0 Å². The van der Waals surface area contributed by atoms with Crippen molar-refractivity contribution in [2.45, 2.75) is 49.2 Å². The summed E-state index contributed by atoms with van der Waals surface area (Å²) in [5, 5.41) is 0. The number of nitrogens with zero attached hydrogens (tertiary/aromatic N) is 4. The minimum absolute atomic E-state index is 0.0816. The summed E-state index contributed by atoms with van der Waals surface area (Å²) in [6, 6.07) is 61.6. The second kappa shape index (κ2) is 17.6. The van der Waals surface area contributed by atoms with E-state index in [4.69, 9.17) is 28.9 Å². The molecular formula is C50H44N4O4. The Morgan fingerprint density at radius 3 is 0.966 bits per heavy atom. The van der Waals surface area contributed by atoms with Crippen LogP contribution in [-0.2, 0) is 18.9 Å². The van der Waals surface area contributed by atoms with Gasteiger partial charge in [0.2, 0.25) is 0 Å². The lowest BCUT2D eigenvalue weighted by Crippen LogP contribution is -2.13. The van der Waals surface area contributed by atoms with Crippen LogP contribution in [-0.4, -0.2) is 36.8 Å². The molecule has 0 fully saturated rings. The molecule has 0 saturated carbocycles. The van der Waals surface area contributed by atoms with Crippen LogP contribution in [0.15, 0.2) is 202 Å². The molecule has 4 aliphatic rings. The van der Waals surface area contributed by atoms with Crippen molar-refractivity contribution in [3.63, 3.8) is 0 Å². The fourth-order valence-electron chi connectivity index (χ4n) is 7.68. The first-order valence-electron chi connectivity index (χ1n) is 19.9. The largest absolute Gasteiger partial charge is 0.478 e. The van der Waals surface area contributed by atoms with Gasteiger partial charge in [-0.1, -0.05) is 182 Å². The molecule has 0 N–H and O–H groups in total. The van der Waals surface area contributed by atoms with Crippen molar-refractivity contribution in [2.24, 2.45) is 20.0 Å². The Morgan fingerprint density at radius 2 is 0.621 bits per heavy atom. The van der Waals surface area contributed by atoms with Gasteiger partial charge in [0.1, 0.15) is 37.4 Å². The Morgan fingerprint density at radius 1 is 0.328 bits per heavy atom. The van der Waals surface area contributed by atoms with Gasteiger partial charge in [-0.25, -0.2) is 20.0 Å². The molecule has 0 amide bonds. The van der Waals surface area contributed by atoms with Crippen molar-refractivity contribution in [1.82, 2.24) is 0 Å². The summed E-state index contributed by atoms with van der Waals surface area (Å²) < 4.78 is 24.3. The molecule has 6 aromatic carbocycles. The zero-order valence-corrected chi connectivity index (χ0v) is 32.0. The van der Waals surface area contributed by atoms with Crippen molar-refractivity contribution in [3.05, 3.63) is 215 Å². The van der Waals surface area contributed by atoms with Gasteiger partial charge in [0.05, 0.1) is 12.8 Å². The Labute approximate surface area is 339 Å². The highest BCUT2D eigenvalue weighted by Gasteiger charge is 2.38. The molecule has 0 radical (unpaired) electrons. The fourth-order valence-corrected chi connectivity index (χ4v) is 7.68. The summed E-state index contributed by atoms with van der Waals surface area (Å²) in [5.74, 6) is 2.75. The highest BCUT2D eigenvalue weighted by molar-refractivity contribution is 5.99. The predicted molar refractivity (Wildman–Crippen MR) is 228 cm³/mol. The summed E-state index contributed by atoms with van der Waals surface area (Å²) in [4.78, 5) is 19.3. The summed E-state index contributed by atoms with van der Waals surface area (Å²) in [6.45, 7) is 1.18. The molecule has 0 saturated heterocycles. The molecular weight excluding hydrogens is 721 g/mol. The van der Waals surface area contributed by atoms with E-state index in [1.165, 1.54) is 11.1 Å². The van der Waals surface area contributed by atoms with Crippen LogP contribution in [0.4, 0.5) is 0 Å². The number of rotatable bonds is 10. The molecule has 0 spiro atoms. The Kier molecular flexibility index (Phi) is 11.1. The van der Waals surface area contributed by atoms with E-state index in [0.29, 0.717) is 49.6 Å². The minimum atomic E-state index is -0.176. The second-order valence-corrected chi connectivity index (χ2v) is 14.5. The van der Waals surface area contributed by atoms with Gasteiger partial charge in [0, 0.05) is 0 Å². The van der Waals surface area contributed by atoms with Crippen molar-refractivity contribution in [3.8, 4) is 0 Å². The molecule has 0 aromatic heterocycles. The molecule has 6 aromatic rings. The first-order chi connectivity index (χ1) is 28.7. The first kappa shape index (κ1) is 36.8. The second-order valence-electron chi connectivity index (χ2n) is 14.5. The molecule has 58 heavy (non-hydrogen) atoms. The maximum absolute atomic E-state index is 6.45. The van der Waals surface area contributed by atoms with Crippen LogP contribution in [0.1, 0.15) is 82.6 Å². The molecule has 4 heterocycles. The zero-order chi connectivity index (χ0) is 38.9. The van der Waals surface area contributed by atoms with Gasteiger partial charge in [0.25, 0.3) is 0 Å². The Balaban J connectivity index is 0.000000164. The monoisotopic (exact) mass is 764 g/mol. The molecule has 8 heteroatoms. The lowest BCUT2D eigenvalue weighted by molar-refractivity contribution is 0.183. The number of ether oxygens (including phenoxy) is 4. The summed E-state index contributed by atoms with van der Waals surface area (Å²) in [5.41, 5.74) is 6.85. The van der Waals surface area contributed by atoms with E-state index in [2.05, 4.69) is 82.8 Å². The summed E-state index contributed by atoms with van der Waals surface area (Å²) in [7, 11) is 0. The van der Waals surface area contributed by atoms with Crippen molar-refractivity contribution in [2.75, 3.05) is 13.2 Å². The molecule has 6 atom stereocenters. The predicted octanol–water partition coefficient (Wildman–Crippen LogP) is 10.9. The molecule has 8 nitrogen and oxygen atoms in total. The summed E-state index contributed by atoms with van der Waals surface area (Å²) in [6.07, 6.45) is 0.613. The Hall–Kier alpha value is -6.80. The van der Waals surface area contributed by atoms with Gasteiger partial charge in [-0.2, -0.15) is 0 Å². The highest BCUT2D eigenvalue weighted by Crippen LogP contribution is 2.43. The maximum atomic E-state index is 6.45. The van der Waals surface area contributed by atoms with Gasteiger partial charge in [-0.15, -0.1) is 0 Å². The van der Waals surface area contributed by atoms with E-state index < -0.39 is 0 Å². The molecule has 0 aliphatic carbocycles. The van der Waals surface area contributed by atoms with Crippen LogP contribution < -0.4 is 0 Å². The third-order valence-corrected chi connectivity index (χ3v) is 10.6. The molecule has 0 bridgehead atoms. The topological polar surface area (TPSA) is 86.4 Å². The van der Waals surface area contributed by atoms with Crippen LogP contribution in [0.3, 0.4) is 0 Å². The van der Waals surface area contributed by atoms with Crippen molar-refractivity contribution >= 4 is 23.6 Å². The van der Waals surface area contributed by atoms with E-state index in [1.54, 1.807) is 0 Å². The number of benzene rings is 6. The standard InChI is InChI=1S/C31H26N2O2.C19H18N2O2/c1-5-13-22(14-6-1)28-30(24-17-9-3-10-18-24)34-26(32-28)21-27-33-29(23-15-7-2-8-16-23)31(35-27)25-19-11-4-12-20-25;1-3-7-14(8-4-1)16-12-22-18(20-16)11-19-21-17(13-23-19)15-9-5-2-6-10-15/h1-20,28-31H,21H2;1-10,16-17H,11-13H2/t28-,29-,30+,31+;16-,17-/m11/s1. The van der Waals surface area contributed by atoms with Crippen LogP contribution in [0.25, 0.3) is 0 Å². The fraction of sp³-hybridized carbons (Fsp3) is 0.200. The quantitative estimate of drug-likeness (QED) is 0.139. The number of aliphatic imine (C=N–C) groups is 4. The van der Waals surface area contributed by atoms with Gasteiger partial charge >= 0.3 is 0 Å². The average Bonchev–Trinajstić information content (AvgIpc) is 4.14. The van der Waals surface area contributed by atoms with Crippen LogP contribution in [0.5, 0.6) is 0 Å². The molecule has 4 aliphatic heterocycles. The molecule has 288 valence electrons. The maximum Gasteiger partial charge on any atom is 0.194 e. The Bertz CT molecular complexity index is 2210. The SMILES string of the molecule is c1ccc([C@H]2COC(CC3=N[C@@H](c4ccccc4)CO3)=N2)cc1.c1ccc([C@H]2N=C(CC3=N[C@H](c4ccccc4)[C@H](c4ccccc4)O3)O[C@H]2c2ccccc2)cc1. The van der Waals surface area contributed by atoms with Gasteiger partial charge in [-0.05, 0) is 33.4 Å². The smallest absolute Gasteiger partial charge is 0.194 e. The van der Waals surface area contributed by atoms with Gasteiger partial charge < -0.3 is 18.9 Å². The van der Waals surface area contributed by atoms with Gasteiger partial charge in [0.15, 0.2) is 35.8 Å². The van der Waals surface area contributed by atoms with E-state index in [1.807, 2.05) is 109 Å². The average molecular weight is 765 g/mol. The number of hydrogen-bond donors (Lipinski definition) is 0. The lowest BCUT2D eigenvalue weighted by atomic mass is 9.97. The third-order valence-electron chi connectivity index (χ3n) is 10.6. The van der Waals surface area contributed by atoms with Crippen molar-refractivity contribution in [1.29, 1.82) is 0 Å². The zero-order valence-electron chi connectivity index (χ0n) is 32.0. The minimum Gasteiger partial charge on any atom is -0.478 e. The van der Waals surface area contributed by atoms with E-state index >= 15 is 0 Å². The van der Waals surface area contributed by atoms with E-state index in [-0.39, 0.29) is 36.4 Å². The van der Waals surface area contributed by atoms with E-state index in [0.717, 1.165) is 22.3 Å². The van der Waals surface area contributed by atoms with Crippen LogP contribution in [0, 0.1) is 0 Å².